The second kappa shape index (κ2) is 6.11. The smallest absolute Gasteiger partial charge is 0.264 e. The Hall–Kier alpha value is -1.36. The second-order valence-corrected chi connectivity index (χ2v) is 10.0. The molecule has 3 heterocycles. The van der Waals surface area contributed by atoms with E-state index in [0.717, 1.165) is 37.0 Å². The summed E-state index contributed by atoms with van der Waals surface area (Å²) >= 11 is 1.51. The summed E-state index contributed by atoms with van der Waals surface area (Å²) in [6.07, 6.45) is 5.02. The largest absolute Gasteiger partial charge is 0.351 e. The van der Waals surface area contributed by atoms with Crippen molar-refractivity contribution in [2.45, 2.75) is 71.0 Å². The van der Waals surface area contributed by atoms with Crippen molar-refractivity contribution in [2.24, 2.45) is 17.3 Å². The van der Waals surface area contributed by atoms with Crippen LogP contribution >= 0.6 is 11.3 Å². The van der Waals surface area contributed by atoms with Gasteiger partial charge in [-0.2, -0.15) is 0 Å². The van der Waals surface area contributed by atoms with E-state index in [-0.39, 0.29) is 29.8 Å². The molecule has 0 spiro atoms. The molecule has 0 aromatic carbocycles. The zero-order chi connectivity index (χ0) is 17.8. The Morgan fingerprint density at radius 3 is 2.60 bits per heavy atom. The number of carbonyl (C=O) groups excluding carboxylic acids is 2. The standard InChI is InChI=1S/C20H28N2O2S/c1-20(2,3)13-9-12(10-13)18(23)21-15-11-14-6-7-16(15)22(14)19(24)17-5-4-8-25-17/h4-5,8,12-16H,6-7,9-11H2,1-3H3,(H,21,23)/t12?,13?,14-,15+,16+/m0/s1. The van der Waals surface area contributed by atoms with Gasteiger partial charge in [0.15, 0.2) is 0 Å². The number of amides is 2. The van der Waals surface area contributed by atoms with E-state index in [4.69, 9.17) is 0 Å². The Morgan fingerprint density at radius 1 is 1.20 bits per heavy atom. The first-order valence-corrected chi connectivity index (χ1v) is 10.4. The van der Waals surface area contributed by atoms with Crippen molar-refractivity contribution >= 4 is 23.2 Å². The number of nitrogens with zero attached hydrogens (tertiary/aromatic N) is 1. The highest BCUT2D eigenvalue weighted by Crippen LogP contribution is 2.46. The van der Waals surface area contributed by atoms with Crippen molar-refractivity contribution in [1.82, 2.24) is 10.2 Å². The lowest BCUT2D eigenvalue weighted by atomic mass is 9.63. The third-order valence-electron chi connectivity index (χ3n) is 6.56. The highest BCUT2D eigenvalue weighted by molar-refractivity contribution is 7.12. The van der Waals surface area contributed by atoms with Crippen molar-refractivity contribution in [3.63, 3.8) is 0 Å². The van der Waals surface area contributed by atoms with Crippen LogP contribution in [0, 0.1) is 17.3 Å². The quantitative estimate of drug-likeness (QED) is 0.894. The molecular formula is C20H28N2O2S. The second-order valence-electron chi connectivity index (χ2n) is 9.07. The minimum atomic E-state index is 0.142. The summed E-state index contributed by atoms with van der Waals surface area (Å²) in [5, 5.41) is 5.24. The van der Waals surface area contributed by atoms with Crippen LogP contribution in [-0.4, -0.2) is 34.8 Å². The maximum absolute atomic E-state index is 12.8. The Labute approximate surface area is 154 Å². The molecule has 4 nitrogen and oxygen atoms in total. The molecule has 1 aromatic heterocycles. The Morgan fingerprint density at radius 2 is 1.96 bits per heavy atom. The van der Waals surface area contributed by atoms with Crippen LogP contribution in [0.4, 0.5) is 0 Å². The first kappa shape index (κ1) is 17.1. The van der Waals surface area contributed by atoms with Crippen LogP contribution in [0.25, 0.3) is 0 Å². The third-order valence-corrected chi connectivity index (χ3v) is 7.42. The molecule has 1 saturated carbocycles. The molecule has 3 aliphatic rings. The van der Waals surface area contributed by atoms with Crippen molar-refractivity contribution in [3.8, 4) is 0 Å². The van der Waals surface area contributed by atoms with Crippen molar-refractivity contribution in [3.05, 3.63) is 22.4 Å². The Bertz CT molecular complexity index is 658. The highest BCUT2D eigenvalue weighted by atomic mass is 32.1. The Kier molecular flexibility index (Phi) is 4.18. The van der Waals surface area contributed by atoms with Crippen molar-refractivity contribution < 1.29 is 9.59 Å². The van der Waals surface area contributed by atoms with Gasteiger partial charge in [-0.05, 0) is 54.9 Å². The molecule has 2 bridgehead atoms. The molecule has 25 heavy (non-hydrogen) atoms. The van der Waals surface area contributed by atoms with Gasteiger partial charge in [0.05, 0.1) is 17.0 Å². The third kappa shape index (κ3) is 3.01. The molecule has 136 valence electrons. The number of hydrogen-bond donors (Lipinski definition) is 1. The topological polar surface area (TPSA) is 49.4 Å². The van der Waals surface area contributed by atoms with Crippen LogP contribution < -0.4 is 5.32 Å². The fourth-order valence-corrected chi connectivity index (χ4v) is 5.49. The van der Waals surface area contributed by atoms with E-state index < -0.39 is 0 Å². The molecule has 2 aliphatic heterocycles. The number of nitrogens with one attached hydrogen (secondary N) is 1. The minimum Gasteiger partial charge on any atom is -0.351 e. The average molecular weight is 361 g/mol. The number of thiophene rings is 1. The van der Waals surface area contributed by atoms with Crippen LogP contribution in [0.3, 0.4) is 0 Å². The van der Waals surface area contributed by atoms with Crippen LogP contribution in [0.5, 0.6) is 0 Å². The summed E-state index contributed by atoms with van der Waals surface area (Å²) in [7, 11) is 0. The minimum absolute atomic E-state index is 0.142. The summed E-state index contributed by atoms with van der Waals surface area (Å²) in [4.78, 5) is 28.3. The normalized spacial score (nSPS) is 34.0. The summed E-state index contributed by atoms with van der Waals surface area (Å²) in [6.45, 7) is 6.78. The molecule has 4 rings (SSSR count). The SMILES string of the molecule is CC(C)(C)C1CC(C(=O)N[C@@H]2C[C@@H]3CC[C@H]2N3C(=O)c2cccs2)C1. The summed E-state index contributed by atoms with van der Waals surface area (Å²) in [5.41, 5.74) is 0.299. The molecular weight excluding hydrogens is 332 g/mol. The molecule has 0 unspecified atom stereocenters. The van der Waals surface area contributed by atoms with Gasteiger partial charge in [-0.3, -0.25) is 9.59 Å². The van der Waals surface area contributed by atoms with Gasteiger partial charge >= 0.3 is 0 Å². The summed E-state index contributed by atoms with van der Waals surface area (Å²) < 4.78 is 0. The molecule has 2 saturated heterocycles. The van der Waals surface area contributed by atoms with E-state index in [1.807, 2.05) is 17.5 Å². The molecule has 1 N–H and O–H groups in total. The van der Waals surface area contributed by atoms with Crippen LogP contribution in [-0.2, 0) is 4.79 Å². The van der Waals surface area contributed by atoms with Crippen molar-refractivity contribution in [2.75, 3.05) is 0 Å². The number of carbonyl (C=O) groups is 2. The van der Waals surface area contributed by atoms with Gasteiger partial charge in [-0.25, -0.2) is 0 Å². The lowest BCUT2D eigenvalue weighted by Gasteiger charge is -2.43. The van der Waals surface area contributed by atoms with Crippen LogP contribution in [0.2, 0.25) is 0 Å². The number of rotatable bonds is 3. The van der Waals surface area contributed by atoms with E-state index in [0.29, 0.717) is 17.4 Å². The van der Waals surface area contributed by atoms with Gasteiger partial charge in [0.2, 0.25) is 5.91 Å². The maximum atomic E-state index is 12.8. The van der Waals surface area contributed by atoms with E-state index in [2.05, 4.69) is 31.0 Å². The zero-order valence-electron chi connectivity index (χ0n) is 15.3. The molecule has 1 aromatic rings. The lowest BCUT2D eigenvalue weighted by Crippen LogP contribution is -2.50. The van der Waals surface area contributed by atoms with E-state index in [1.54, 1.807) is 0 Å². The first-order valence-electron chi connectivity index (χ1n) is 9.51. The fourth-order valence-electron chi connectivity index (χ4n) is 4.83. The van der Waals surface area contributed by atoms with Gasteiger partial charge in [0.25, 0.3) is 5.91 Å². The van der Waals surface area contributed by atoms with Gasteiger partial charge in [0.1, 0.15) is 0 Å². The molecule has 2 amide bonds. The lowest BCUT2D eigenvalue weighted by molar-refractivity contribution is -0.131. The molecule has 3 fully saturated rings. The Balaban J connectivity index is 1.36. The maximum Gasteiger partial charge on any atom is 0.264 e. The van der Waals surface area contributed by atoms with Crippen LogP contribution in [0.15, 0.2) is 17.5 Å². The van der Waals surface area contributed by atoms with Crippen molar-refractivity contribution in [1.29, 1.82) is 0 Å². The molecule has 5 heteroatoms. The summed E-state index contributed by atoms with van der Waals surface area (Å²) in [6, 6.07) is 4.45. The first-order chi connectivity index (χ1) is 11.8. The fraction of sp³-hybridized carbons (Fsp3) is 0.700. The predicted octanol–water partition coefficient (Wildman–Crippen LogP) is 3.68. The number of hydrogen-bond acceptors (Lipinski definition) is 3. The van der Waals surface area contributed by atoms with E-state index >= 15 is 0 Å². The van der Waals surface area contributed by atoms with E-state index in [1.165, 1.54) is 11.3 Å². The monoisotopic (exact) mass is 360 g/mol. The van der Waals surface area contributed by atoms with Gasteiger partial charge in [-0.1, -0.05) is 26.8 Å². The van der Waals surface area contributed by atoms with Gasteiger partial charge < -0.3 is 10.2 Å². The molecule has 0 radical (unpaired) electrons. The van der Waals surface area contributed by atoms with Gasteiger partial charge in [0, 0.05) is 12.0 Å². The molecule has 3 atom stereocenters. The summed E-state index contributed by atoms with van der Waals surface area (Å²) in [5.74, 6) is 1.18. The average Bonchev–Trinajstić information content (AvgIpc) is 3.19. The van der Waals surface area contributed by atoms with E-state index in [9.17, 15) is 9.59 Å². The van der Waals surface area contributed by atoms with Gasteiger partial charge in [-0.15, -0.1) is 11.3 Å². The van der Waals surface area contributed by atoms with Crippen LogP contribution in [0.1, 0.15) is 62.5 Å². The number of fused-ring (bicyclic) bond motifs is 2. The zero-order valence-corrected chi connectivity index (χ0v) is 16.1. The highest BCUT2D eigenvalue weighted by Gasteiger charge is 2.50. The molecule has 1 aliphatic carbocycles. The predicted molar refractivity (Wildman–Crippen MR) is 99.5 cm³/mol.